The van der Waals surface area contributed by atoms with Gasteiger partial charge in [0.05, 0.1) is 5.92 Å². The van der Waals surface area contributed by atoms with E-state index in [9.17, 15) is 9.59 Å². The minimum absolute atomic E-state index is 0.0292. The first-order valence-electron chi connectivity index (χ1n) is 5.16. The summed E-state index contributed by atoms with van der Waals surface area (Å²) < 4.78 is 4.97. The summed E-state index contributed by atoms with van der Waals surface area (Å²) in [5.74, 6) is -1.64. The van der Waals surface area contributed by atoms with Crippen molar-refractivity contribution in [1.82, 2.24) is 5.32 Å². The predicted molar refractivity (Wildman–Crippen MR) is 59.0 cm³/mol. The van der Waals surface area contributed by atoms with Crippen LogP contribution in [0.25, 0.3) is 0 Å². The lowest BCUT2D eigenvalue weighted by atomic mass is 10.1. The number of hydrogen-bond acceptors (Lipinski definition) is 4. The van der Waals surface area contributed by atoms with Crippen LogP contribution in [0.3, 0.4) is 0 Å². The second-order valence-electron chi connectivity index (χ2n) is 4.50. The van der Waals surface area contributed by atoms with Crippen molar-refractivity contribution in [3.05, 3.63) is 0 Å². The Morgan fingerprint density at radius 2 is 2.00 bits per heavy atom. The number of carboxylic acids is 1. The monoisotopic (exact) mass is 232 g/mol. The van der Waals surface area contributed by atoms with Gasteiger partial charge < -0.3 is 20.9 Å². The molecular weight excluding hydrogens is 212 g/mol. The number of nitrogens with one attached hydrogen (secondary N) is 1. The first-order chi connectivity index (χ1) is 7.26. The third kappa shape index (κ3) is 7.05. The normalized spacial score (nSPS) is 13.0. The number of amides is 1. The van der Waals surface area contributed by atoms with Gasteiger partial charge in [-0.25, -0.2) is 4.79 Å². The fourth-order valence-electron chi connectivity index (χ4n) is 1.03. The number of ether oxygens (including phenoxy) is 1. The van der Waals surface area contributed by atoms with Crippen molar-refractivity contribution in [2.24, 2.45) is 11.7 Å². The molecule has 0 radical (unpaired) electrons. The molecule has 1 amide bonds. The van der Waals surface area contributed by atoms with Gasteiger partial charge in [0.25, 0.3) is 0 Å². The average molecular weight is 232 g/mol. The molecule has 0 aromatic heterocycles. The van der Waals surface area contributed by atoms with Crippen LogP contribution < -0.4 is 11.1 Å². The van der Waals surface area contributed by atoms with Gasteiger partial charge in [-0.15, -0.1) is 0 Å². The smallest absolute Gasteiger partial charge is 0.407 e. The Morgan fingerprint density at radius 3 is 2.38 bits per heavy atom. The zero-order valence-electron chi connectivity index (χ0n) is 9.95. The van der Waals surface area contributed by atoms with Crippen molar-refractivity contribution >= 4 is 12.1 Å². The van der Waals surface area contributed by atoms with Crippen LogP contribution >= 0.6 is 0 Å². The molecule has 0 heterocycles. The maximum atomic E-state index is 11.2. The summed E-state index contributed by atoms with van der Waals surface area (Å²) in [6.45, 7) is 5.51. The molecule has 94 valence electrons. The first-order valence-corrected chi connectivity index (χ1v) is 5.16. The van der Waals surface area contributed by atoms with E-state index in [2.05, 4.69) is 5.32 Å². The summed E-state index contributed by atoms with van der Waals surface area (Å²) >= 11 is 0. The zero-order valence-corrected chi connectivity index (χ0v) is 9.95. The van der Waals surface area contributed by atoms with Gasteiger partial charge in [-0.1, -0.05) is 0 Å². The van der Waals surface area contributed by atoms with Gasteiger partial charge >= 0.3 is 12.1 Å². The molecule has 0 aliphatic heterocycles. The van der Waals surface area contributed by atoms with E-state index in [0.29, 0.717) is 6.42 Å². The van der Waals surface area contributed by atoms with Crippen LogP contribution in [0.2, 0.25) is 0 Å². The summed E-state index contributed by atoms with van der Waals surface area (Å²) in [5.41, 5.74) is 4.68. The van der Waals surface area contributed by atoms with Crippen LogP contribution in [-0.2, 0) is 9.53 Å². The minimum Gasteiger partial charge on any atom is -0.481 e. The summed E-state index contributed by atoms with van der Waals surface area (Å²) in [7, 11) is 0. The van der Waals surface area contributed by atoms with Crippen molar-refractivity contribution in [1.29, 1.82) is 0 Å². The van der Waals surface area contributed by atoms with Crippen molar-refractivity contribution < 1.29 is 19.4 Å². The number of aliphatic carboxylic acids is 1. The third-order valence-corrected chi connectivity index (χ3v) is 1.76. The second-order valence-corrected chi connectivity index (χ2v) is 4.50. The summed E-state index contributed by atoms with van der Waals surface area (Å²) in [5, 5.41) is 11.2. The molecule has 0 spiro atoms. The molecule has 6 heteroatoms. The van der Waals surface area contributed by atoms with E-state index < -0.39 is 23.6 Å². The van der Waals surface area contributed by atoms with Gasteiger partial charge in [0.15, 0.2) is 0 Å². The Bertz CT molecular complexity index is 248. The highest BCUT2D eigenvalue weighted by Crippen LogP contribution is 2.07. The van der Waals surface area contributed by atoms with Crippen molar-refractivity contribution in [3.8, 4) is 0 Å². The first kappa shape index (κ1) is 14.7. The van der Waals surface area contributed by atoms with E-state index in [1.165, 1.54) is 0 Å². The van der Waals surface area contributed by atoms with Crippen molar-refractivity contribution in [2.75, 3.05) is 13.1 Å². The van der Waals surface area contributed by atoms with Crippen LogP contribution in [0.4, 0.5) is 4.79 Å². The van der Waals surface area contributed by atoms with Crippen LogP contribution in [0, 0.1) is 5.92 Å². The van der Waals surface area contributed by atoms with E-state index in [0.717, 1.165) is 0 Å². The number of rotatable bonds is 5. The topological polar surface area (TPSA) is 102 Å². The van der Waals surface area contributed by atoms with Gasteiger partial charge in [0.2, 0.25) is 0 Å². The molecule has 0 fully saturated rings. The molecular formula is C10H20N2O4. The Labute approximate surface area is 95.1 Å². The number of nitrogens with two attached hydrogens (primary N) is 1. The highest BCUT2D eigenvalue weighted by molar-refractivity contribution is 5.72. The molecule has 0 unspecified atom stereocenters. The van der Waals surface area contributed by atoms with Crippen LogP contribution in [-0.4, -0.2) is 35.9 Å². The lowest BCUT2D eigenvalue weighted by Gasteiger charge is -2.20. The van der Waals surface area contributed by atoms with Gasteiger partial charge in [-0.2, -0.15) is 0 Å². The summed E-state index contributed by atoms with van der Waals surface area (Å²) in [4.78, 5) is 22.0. The lowest BCUT2D eigenvalue weighted by molar-refractivity contribution is -0.141. The molecule has 0 saturated carbocycles. The molecule has 4 N–H and O–H groups in total. The molecule has 0 aliphatic carbocycles. The molecule has 0 aliphatic rings. The van der Waals surface area contributed by atoms with Crippen LogP contribution in [0.5, 0.6) is 0 Å². The quantitative estimate of drug-likeness (QED) is 0.643. The molecule has 16 heavy (non-hydrogen) atoms. The maximum Gasteiger partial charge on any atom is 0.407 e. The molecule has 0 aromatic carbocycles. The number of hydrogen-bond donors (Lipinski definition) is 3. The number of alkyl carbamates (subject to hydrolysis) is 1. The number of carbonyl (C=O) groups is 2. The molecule has 6 nitrogen and oxygen atoms in total. The Balaban J connectivity index is 4.01. The van der Waals surface area contributed by atoms with E-state index >= 15 is 0 Å². The second kappa shape index (κ2) is 6.32. The zero-order chi connectivity index (χ0) is 12.8. The fourth-order valence-corrected chi connectivity index (χ4v) is 1.03. The van der Waals surface area contributed by atoms with E-state index in [1.54, 1.807) is 20.8 Å². The lowest BCUT2D eigenvalue weighted by Crippen LogP contribution is -2.37. The average Bonchev–Trinajstić information content (AvgIpc) is 2.08. The van der Waals surface area contributed by atoms with Crippen molar-refractivity contribution in [3.63, 3.8) is 0 Å². The molecule has 0 rings (SSSR count). The molecule has 0 bridgehead atoms. The van der Waals surface area contributed by atoms with Gasteiger partial charge in [-0.05, 0) is 33.7 Å². The highest BCUT2D eigenvalue weighted by atomic mass is 16.6. The Morgan fingerprint density at radius 1 is 1.44 bits per heavy atom. The standard InChI is InChI=1S/C10H20N2O4/c1-10(2,3)16-9(15)12-6-7(4-5-11)8(13)14/h7H,4-6,11H2,1-3H3,(H,12,15)(H,13,14)/t7-/m1/s1. The van der Waals surface area contributed by atoms with E-state index in [-0.39, 0.29) is 13.1 Å². The van der Waals surface area contributed by atoms with E-state index in [4.69, 9.17) is 15.6 Å². The van der Waals surface area contributed by atoms with Gasteiger partial charge in [0, 0.05) is 6.54 Å². The molecule has 0 saturated heterocycles. The maximum absolute atomic E-state index is 11.2. The summed E-state index contributed by atoms with van der Waals surface area (Å²) in [6.07, 6.45) is -0.290. The number of carboxylic acid groups (broad SMARTS) is 1. The Hall–Kier alpha value is -1.30. The van der Waals surface area contributed by atoms with Gasteiger partial charge in [0.1, 0.15) is 5.60 Å². The van der Waals surface area contributed by atoms with Gasteiger partial charge in [-0.3, -0.25) is 4.79 Å². The molecule has 0 aromatic rings. The predicted octanol–water partition coefficient (Wildman–Crippen LogP) is 0.561. The summed E-state index contributed by atoms with van der Waals surface area (Å²) in [6, 6.07) is 0. The van der Waals surface area contributed by atoms with Crippen molar-refractivity contribution in [2.45, 2.75) is 32.8 Å². The fraction of sp³-hybridized carbons (Fsp3) is 0.800. The van der Waals surface area contributed by atoms with Crippen LogP contribution in [0.1, 0.15) is 27.2 Å². The SMILES string of the molecule is CC(C)(C)OC(=O)NC[C@@H](CCN)C(=O)O. The third-order valence-electron chi connectivity index (χ3n) is 1.76. The Kier molecular flexibility index (Phi) is 5.81. The minimum atomic E-state index is -0.971. The largest absolute Gasteiger partial charge is 0.481 e. The number of carbonyl (C=O) groups excluding carboxylic acids is 1. The van der Waals surface area contributed by atoms with Crippen LogP contribution in [0.15, 0.2) is 0 Å². The molecule has 1 atom stereocenters. The van der Waals surface area contributed by atoms with E-state index in [1.807, 2.05) is 0 Å². The highest BCUT2D eigenvalue weighted by Gasteiger charge is 2.20.